The molecule has 32 heavy (non-hydrogen) atoms. The standard InChI is InChI=1S/C26H35N3O3/c1-15-17(3)24(30)18(4)16(2)21(15)13-23(28(6)7)26(32)29-14-20-11-9-8-10-19(20)12-22(29)25(31)27-5/h8-11,22-23,30H,12-14H2,1-7H3,(H,27,31). The molecule has 0 aromatic heterocycles. The second-order valence-electron chi connectivity index (χ2n) is 9.08. The van der Waals surface area contributed by atoms with Crippen molar-refractivity contribution in [1.82, 2.24) is 15.1 Å². The van der Waals surface area contributed by atoms with Gasteiger partial charge in [-0.2, -0.15) is 0 Å². The molecule has 0 spiro atoms. The van der Waals surface area contributed by atoms with Crippen molar-refractivity contribution in [2.75, 3.05) is 21.1 Å². The molecule has 0 radical (unpaired) electrons. The van der Waals surface area contributed by atoms with E-state index in [0.717, 1.165) is 38.9 Å². The van der Waals surface area contributed by atoms with Gasteiger partial charge in [-0.15, -0.1) is 0 Å². The van der Waals surface area contributed by atoms with Gasteiger partial charge in [0.2, 0.25) is 11.8 Å². The quantitative estimate of drug-likeness (QED) is 0.755. The van der Waals surface area contributed by atoms with Gasteiger partial charge in [-0.05, 0) is 87.2 Å². The molecule has 2 aromatic rings. The molecule has 1 heterocycles. The number of amides is 2. The Morgan fingerprint density at radius 2 is 1.62 bits per heavy atom. The van der Waals surface area contributed by atoms with Crippen molar-refractivity contribution in [2.24, 2.45) is 0 Å². The number of carbonyl (C=O) groups excluding carboxylic acids is 2. The number of rotatable bonds is 5. The second-order valence-corrected chi connectivity index (χ2v) is 9.08. The van der Waals surface area contributed by atoms with Crippen molar-refractivity contribution in [3.63, 3.8) is 0 Å². The Hall–Kier alpha value is -2.86. The number of phenolic OH excluding ortho intramolecular Hbond substituents is 1. The van der Waals surface area contributed by atoms with E-state index in [1.807, 2.05) is 71.0 Å². The molecular weight excluding hydrogens is 402 g/mol. The van der Waals surface area contributed by atoms with E-state index in [-0.39, 0.29) is 11.8 Å². The van der Waals surface area contributed by atoms with E-state index in [0.29, 0.717) is 25.1 Å². The fourth-order valence-electron chi connectivity index (χ4n) is 4.71. The summed E-state index contributed by atoms with van der Waals surface area (Å²) >= 11 is 0. The van der Waals surface area contributed by atoms with Gasteiger partial charge in [0, 0.05) is 20.0 Å². The average Bonchev–Trinajstić information content (AvgIpc) is 2.79. The van der Waals surface area contributed by atoms with Gasteiger partial charge in [-0.3, -0.25) is 14.5 Å². The van der Waals surface area contributed by atoms with Crippen LogP contribution < -0.4 is 5.32 Å². The zero-order valence-corrected chi connectivity index (χ0v) is 20.2. The lowest BCUT2D eigenvalue weighted by Crippen LogP contribution is -2.57. The van der Waals surface area contributed by atoms with Gasteiger partial charge in [-0.25, -0.2) is 0 Å². The number of nitrogens with one attached hydrogen (secondary N) is 1. The topological polar surface area (TPSA) is 72.9 Å². The number of carbonyl (C=O) groups is 2. The van der Waals surface area contributed by atoms with Crippen LogP contribution in [-0.2, 0) is 29.0 Å². The number of hydrogen-bond donors (Lipinski definition) is 2. The van der Waals surface area contributed by atoms with Gasteiger partial charge < -0.3 is 15.3 Å². The van der Waals surface area contributed by atoms with Crippen molar-refractivity contribution in [2.45, 2.75) is 59.2 Å². The van der Waals surface area contributed by atoms with E-state index in [1.165, 1.54) is 0 Å². The first-order chi connectivity index (χ1) is 15.1. The zero-order chi connectivity index (χ0) is 23.7. The molecule has 6 heteroatoms. The molecule has 2 amide bonds. The van der Waals surface area contributed by atoms with Gasteiger partial charge in [0.15, 0.2) is 0 Å². The average molecular weight is 438 g/mol. The largest absolute Gasteiger partial charge is 0.507 e. The molecule has 0 aliphatic carbocycles. The fourth-order valence-corrected chi connectivity index (χ4v) is 4.71. The highest BCUT2D eigenvalue weighted by Gasteiger charge is 2.38. The lowest BCUT2D eigenvalue weighted by atomic mass is 9.88. The number of likely N-dealkylation sites (N-methyl/N-ethyl adjacent to an activating group) is 2. The van der Waals surface area contributed by atoms with E-state index in [1.54, 1.807) is 11.9 Å². The summed E-state index contributed by atoms with van der Waals surface area (Å²) in [5.41, 5.74) is 7.00. The summed E-state index contributed by atoms with van der Waals surface area (Å²) in [6.07, 6.45) is 1.03. The molecule has 1 aliphatic rings. The molecule has 2 atom stereocenters. The highest BCUT2D eigenvalue weighted by Crippen LogP contribution is 2.33. The maximum absolute atomic E-state index is 13.9. The smallest absolute Gasteiger partial charge is 0.242 e. The van der Waals surface area contributed by atoms with E-state index < -0.39 is 12.1 Å². The minimum absolute atomic E-state index is 0.0553. The van der Waals surface area contributed by atoms with Crippen LogP contribution in [0.2, 0.25) is 0 Å². The minimum Gasteiger partial charge on any atom is -0.507 e. The molecule has 3 rings (SSSR count). The first kappa shape index (κ1) is 23.8. The molecule has 172 valence electrons. The Morgan fingerprint density at radius 1 is 1.06 bits per heavy atom. The predicted molar refractivity (Wildman–Crippen MR) is 127 cm³/mol. The Balaban J connectivity index is 2.00. The van der Waals surface area contributed by atoms with E-state index in [2.05, 4.69) is 5.32 Å². The van der Waals surface area contributed by atoms with Gasteiger partial charge in [0.1, 0.15) is 11.8 Å². The molecule has 1 aliphatic heterocycles. The normalized spacial score (nSPS) is 16.6. The van der Waals surface area contributed by atoms with Crippen LogP contribution in [0.1, 0.15) is 38.9 Å². The van der Waals surface area contributed by atoms with Crippen LogP contribution in [-0.4, -0.2) is 59.9 Å². The van der Waals surface area contributed by atoms with Gasteiger partial charge in [0.05, 0.1) is 6.04 Å². The molecule has 2 aromatic carbocycles. The van der Waals surface area contributed by atoms with Crippen LogP contribution in [0.3, 0.4) is 0 Å². The summed E-state index contributed by atoms with van der Waals surface area (Å²) in [7, 11) is 5.42. The van der Waals surface area contributed by atoms with E-state index in [4.69, 9.17) is 0 Å². The summed E-state index contributed by atoms with van der Waals surface area (Å²) in [5, 5.41) is 13.2. The maximum atomic E-state index is 13.9. The van der Waals surface area contributed by atoms with Crippen LogP contribution in [0.25, 0.3) is 0 Å². The van der Waals surface area contributed by atoms with Crippen molar-refractivity contribution < 1.29 is 14.7 Å². The third kappa shape index (κ3) is 4.24. The lowest BCUT2D eigenvalue weighted by molar-refractivity contribution is -0.145. The number of benzene rings is 2. The second kappa shape index (κ2) is 9.33. The van der Waals surface area contributed by atoms with Crippen molar-refractivity contribution in [3.05, 3.63) is 63.2 Å². The summed E-state index contributed by atoms with van der Waals surface area (Å²) in [6.45, 7) is 8.24. The Labute approximate surface area is 191 Å². The van der Waals surface area contributed by atoms with Crippen LogP contribution >= 0.6 is 0 Å². The SMILES string of the molecule is CNC(=O)C1Cc2ccccc2CN1C(=O)C(Cc1c(C)c(C)c(O)c(C)c1C)N(C)C. The summed E-state index contributed by atoms with van der Waals surface area (Å²) in [5.74, 6) is 0.123. The Morgan fingerprint density at radius 3 is 2.16 bits per heavy atom. The van der Waals surface area contributed by atoms with Crippen molar-refractivity contribution in [3.8, 4) is 5.75 Å². The van der Waals surface area contributed by atoms with Gasteiger partial charge in [-0.1, -0.05) is 24.3 Å². The first-order valence-corrected chi connectivity index (χ1v) is 11.1. The molecule has 0 saturated heterocycles. The van der Waals surface area contributed by atoms with Gasteiger partial charge in [0.25, 0.3) is 0 Å². The van der Waals surface area contributed by atoms with E-state index >= 15 is 0 Å². The Bertz CT molecular complexity index is 1020. The molecule has 0 saturated carbocycles. The number of phenols is 1. The zero-order valence-electron chi connectivity index (χ0n) is 20.2. The van der Waals surface area contributed by atoms with Crippen LogP contribution in [0.5, 0.6) is 5.75 Å². The number of fused-ring (bicyclic) bond motifs is 1. The molecule has 2 unspecified atom stereocenters. The lowest BCUT2D eigenvalue weighted by Gasteiger charge is -2.39. The summed E-state index contributed by atoms with van der Waals surface area (Å²) in [4.78, 5) is 30.3. The molecular formula is C26H35N3O3. The molecule has 0 fully saturated rings. The van der Waals surface area contributed by atoms with Crippen LogP contribution in [0, 0.1) is 27.7 Å². The van der Waals surface area contributed by atoms with Crippen LogP contribution in [0.15, 0.2) is 24.3 Å². The highest BCUT2D eigenvalue weighted by molar-refractivity contribution is 5.90. The van der Waals surface area contributed by atoms with Gasteiger partial charge >= 0.3 is 0 Å². The van der Waals surface area contributed by atoms with Crippen molar-refractivity contribution in [1.29, 1.82) is 0 Å². The van der Waals surface area contributed by atoms with Crippen molar-refractivity contribution >= 4 is 11.8 Å². The molecule has 2 N–H and O–H groups in total. The summed E-state index contributed by atoms with van der Waals surface area (Å²) in [6, 6.07) is 7.05. The maximum Gasteiger partial charge on any atom is 0.242 e. The fraction of sp³-hybridized carbons (Fsp3) is 0.462. The number of hydrogen-bond acceptors (Lipinski definition) is 4. The van der Waals surface area contributed by atoms with E-state index in [9.17, 15) is 14.7 Å². The number of nitrogens with zero attached hydrogens (tertiary/aromatic N) is 2. The monoisotopic (exact) mass is 437 g/mol. The Kier molecular flexibility index (Phi) is 6.94. The van der Waals surface area contributed by atoms with Crippen LogP contribution in [0.4, 0.5) is 0 Å². The minimum atomic E-state index is -0.532. The summed E-state index contributed by atoms with van der Waals surface area (Å²) < 4.78 is 0. The number of aromatic hydroxyl groups is 1. The predicted octanol–water partition coefficient (Wildman–Crippen LogP) is 2.80. The third-order valence-electron chi connectivity index (χ3n) is 7.13. The first-order valence-electron chi connectivity index (χ1n) is 11.1. The third-order valence-corrected chi connectivity index (χ3v) is 7.13. The molecule has 0 bridgehead atoms. The molecule has 6 nitrogen and oxygen atoms in total. The highest BCUT2D eigenvalue weighted by atomic mass is 16.3.